The average Bonchev–Trinajstić information content (AvgIpc) is 3.71. The van der Waals surface area contributed by atoms with Crippen LogP contribution in [0.2, 0.25) is 0 Å². The molecule has 2 aromatic heterocycles. The van der Waals surface area contributed by atoms with Crippen molar-refractivity contribution >= 4 is 33.3 Å². The van der Waals surface area contributed by atoms with E-state index in [1.807, 2.05) is 72.6 Å². The highest BCUT2D eigenvalue weighted by molar-refractivity contribution is 6.04. The average molecular weight is 786 g/mol. The normalized spacial score (nSPS) is 15.3. The number of piperazine rings is 1. The molecule has 0 saturated carbocycles. The summed E-state index contributed by atoms with van der Waals surface area (Å²) >= 11 is 0. The number of para-hydroxylation sites is 1. The van der Waals surface area contributed by atoms with Crippen LogP contribution in [0.3, 0.4) is 0 Å². The second-order valence-corrected chi connectivity index (χ2v) is 16.2. The van der Waals surface area contributed by atoms with E-state index in [9.17, 15) is 15.0 Å². The highest BCUT2D eigenvalue weighted by atomic mass is 16.5. The number of aromatic carboxylic acids is 1. The third-order valence-electron chi connectivity index (χ3n) is 11.6. The Kier molecular flexibility index (Phi) is 11.7. The minimum absolute atomic E-state index is 0.240. The molecule has 0 radical (unpaired) electrons. The van der Waals surface area contributed by atoms with E-state index >= 15 is 0 Å². The molecule has 2 N–H and O–H groups in total. The molecule has 0 spiro atoms. The van der Waals surface area contributed by atoms with Crippen LogP contribution >= 0.6 is 0 Å². The van der Waals surface area contributed by atoms with E-state index in [1.165, 1.54) is 0 Å². The number of carboxylic acid groups (broad SMARTS) is 1. The van der Waals surface area contributed by atoms with Crippen LogP contribution in [-0.2, 0) is 38.0 Å². The van der Waals surface area contributed by atoms with Gasteiger partial charge in [0.25, 0.3) is 0 Å². The lowest BCUT2D eigenvalue weighted by molar-refractivity contribution is 0.0568. The molecule has 0 bridgehead atoms. The van der Waals surface area contributed by atoms with Crippen LogP contribution in [0.5, 0.6) is 11.5 Å². The number of hydrogen-bond donors (Lipinski definition) is 2. The lowest BCUT2D eigenvalue weighted by atomic mass is 9.98. The summed E-state index contributed by atoms with van der Waals surface area (Å²) in [6, 6.07) is 28.7. The molecule has 0 unspecified atom stereocenters. The number of carboxylic acids is 1. The number of rotatable bonds is 13. The number of fused-ring (bicyclic) bond motifs is 3. The number of aryl methyl sites for hydroxylation is 3. The fraction of sp³-hybridized carbons (Fsp3) is 0.404. The van der Waals surface area contributed by atoms with E-state index in [2.05, 4.69) is 52.3 Å². The predicted molar refractivity (Wildman–Crippen MR) is 228 cm³/mol. The third-order valence-corrected chi connectivity index (χ3v) is 11.6. The first-order valence-electron chi connectivity index (χ1n) is 20.7. The molecule has 58 heavy (non-hydrogen) atoms. The Labute approximate surface area is 340 Å². The van der Waals surface area contributed by atoms with Gasteiger partial charge in [-0.25, -0.2) is 4.79 Å². The molecule has 304 valence electrons. The Morgan fingerprint density at radius 1 is 0.879 bits per heavy atom. The van der Waals surface area contributed by atoms with Crippen LogP contribution in [0.25, 0.3) is 32.8 Å². The number of aromatic nitrogens is 3. The first-order chi connectivity index (χ1) is 28.1. The summed E-state index contributed by atoms with van der Waals surface area (Å²) in [5.74, 6) is 0.660. The smallest absolute Gasteiger partial charge is 0.352 e. The van der Waals surface area contributed by atoms with E-state index in [0.29, 0.717) is 44.9 Å². The molecule has 8 rings (SSSR count). The maximum absolute atomic E-state index is 13.2. The van der Waals surface area contributed by atoms with Crippen LogP contribution in [0.15, 0.2) is 84.9 Å². The molecule has 0 atom stereocenters. The Hall–Kier alpha value is -5.36. The summed E-state index contributed by atoms with van der Waals surface area (Å²) in [6.07, 6.45) is 3.59. The van der Waals surface area contributed by atoms with Crippen molar-refractivity contribution in [3.05, 3.63) is 108 Å². The molecule has 11 nitrogen and oxygen atoms in total. The monoisotopic (exact) mass is 785 g/mol. The highest BCUT2D eigenvalue weighted by Gasteiger charge is 2.28. The molecule has 1 saturated heterocycles. The van der Waals surface area contributed by atoms with E-state index in [1.54, 1.807) is 0 Å². The van der Waals surface area contributed by atoms with Crippen LogP contribution in [0, 0.1) is 0 Å². The van der Waals surface area contributed by atoms with Crippen LogP contribution in [-0.4, -0.2) is 87.0 Å². The van der Waals surface area contributed by atoms with Crippen molar-refractivity contribution in [2.24, 2.45) is 7.05 Å². The van der Waals surface area contributed by atoms with Gasteiger partial charge in [0.2, 0.25) is 0 Å². The maximum atomic E-state index is 13.2. The second-order valence-electron chi connectivity index (χ2n) is 16.2. The lowest BCUT2D eigenvalue weighted by Gasteiger charge is -2.37. The molecule has 0 amide bonds. The molecular formula is C47H55N5O6. The van der Waals surface area contributed by atoms with Crippen molar-refractivity contribution in [3.63, 3.8) is 0 Å². The largest absolute Gasteiger partial charge is 0.493 e. The zero-order chi connectivity index (χ0) is 40.2. The van der Waals surface area contributed by atoms with Gasteiger partial charge < -0.3 is 33.9 Å². The Morgan fingerprint density at radius 3 is 2.43 bits per heavy atom. The predicted octanol–water partition coefficient (Wildman–Crippen LogP) is 8.08. The number of anilines is 1. The SMILES string of the molecule is Cn1nc(COc2ccc(N3CCN(CCC(C)(C)O)CC3)cc2)c2c1COCCCCn1c(C(=O)O)c(CCCOc3cccc4ccccc34)c3cccc-2c31. The van der Waals surface area contributed by atoms with E-state index in [-0.39, 0.29) is 6.61 Å². The quantitative estimate of drug-likeness (QED) is 0.112. The number of hydrogen-bond acceptors (Lipinski definition) is 8. The van der Waals surface area contributed by atoms with Crippen molar-refractivity contribution in [3.8, 4) is 22.6 Å². The summed E-state index contributed by atoms with van der Waals surface area (Å²) < 4.78 is 22.8. The van der Waals surface area contributed by atoms with Crippen LogP contribution < -0.4 is 14.4 Å². The molecule has 2 aliphatic heterocycles. The van der Waals surface area contributed by atoms with Crippen molar-refractivity contribution in [1.82, 2.24) is 19.2 Å². The summed E-state index contributed by atoms with van der Waals surface area (Å²) in [7, 11) is 1.94. The molecule has 4 aromatic carbocycles. The first kappa shape index (κ1) is 39.5. The van der Waals surface area contributed by atoms with Gasteiger partial charge in [0.05, 0.1) is 30.0 Å². The third kappa shape index (κ3) is 8.57. The van der Waals surface area contributed by atoms with Gasteiger partial charge in [-0.15, -0.1) is 0 Å². The van der Waals surface area contributed by atoms with E-state index in [4.69, 9.17) is 19.3 Å². The molecule has 4 heterocycles. The van der Waals surface area contributed by atoms with Gasteiger partial charge >= 0.3 is 5.97 Å². The Balaban J connectivity index is 1.04. The van der Waals surface area contributed by atoms with Gasteiger partial charge in [-0.1, -0.05) is 54.6 Å². The molecule has 6 aromatic rings. The minimum atomic E-state index is -0.927. The summed E-state index contributed by atoms with van der Waals surface area (Å²) in [4.78, 5) is 18.0. The van der Waals surface area contributed by atoms with Crippen LogP contribution in [0.1, 0.15) is 67.0 Å². The van der Waals surface area contributed by atoms with E-state index < -0.39 is 11.6 Å². The molecule has 1 fully saturated rings. The van der Waals surface area contributed by atoms with Gasteiger partial charge in [0, 0.05) is 80.5 Å². The summed E-state index contributed by atoms with van der Waals surface area (Å²) in [6.45, 7) is 10.7. The van der Waals surface area contributed by atoms with Gasteiger partial charge in [0.1, 0.15) is 29.5 Å². The first-order valence-corrected chi connectivity index (χ1v) is 20.7. The maximum Gasteiger partial charge on any atom is 0.352 e. The number of carbonyl (C=O) groups is 1. The Bertz CT molecular complexity index is 2360. The van der Waals surface area contributed by atoms with Crippen molar-refractivity contribution < 1.29 is 29.2 Å². The summed E-state index contributed by atoms with van der Waals surface area (Å²) in [5, 5.41) is 29.0. The van der Waals surface area contributed by atoms with Crippen molar-refractivity contribution in [2.75, 3.05) is 50.8 Å². The number of benzene rings is 4. The van der Waals surface area contributed by atoms with Gasteiger partial charge in [-0.2, -0.15) is 5.10 Å². The molecule has 2 aliphatic rings. The number of aliphatic hydroxyl groups is 1. The second kappa shape index (κ2) is 17.2. The lowest BCUT2D eigenvalue weighted by Crippen LogP contribution is -2.47. The van der Waals surface area contributed by atoms with Crippen LogP contribution in [0.4, 0.5) is 5.69 Å². The standard InChI is InChI=1S/C47H55N5O6/c1-47(2,55)22-24-50-25-27-51(28-26-50)34-18-20-35(21-19-34)58-31-40-43-39-15-9-14-37-38(16-10-30-57-42-17-8-12-33-11-4-5-13-36(33)42)45(46(53)54)52(44(37)39)23-6-7-29-56-32-41(43)49(3)48-40/h4-5,8-9,11-15,17-21,55H,6-7,10,16,22-32H2,1-3H3,(H,53,54). The summed E-state index contributed by atoms with van der Waals surface area (Å²) in [5.41, 5.74) is 6.16. The fourth-order valence-corrected chi connectivity index (χ4v) is 8.56. The topological polar surface area (TPSA) is 114 Å². The fourth-order valence-electron chi connectivity index (χ4n) is 8.56. The molecule has 11 heteroatoms. The number of ether oxygens (including phenoxy) is 3. The Morgan fingerprint density at radius 2 is 1.64 bits per heavy atom. The molecular weight excluding hydrogens is 731 g/mol. The zero-order valence-corrected chi connectivity index (χ0v) is 34.0. The zero-order valence-electron chi connectivity index (χ0n) is 34.0. The molecule has 0 aliphatic carbocycles. The highest BCUT2D eigenvalue weighted by Crippen LogP contribution is 2.39. The van der Waals surface area contributed by atoms with Gasteiger partial charge in [-0.05, 0) is 87.2 Å². The van der Waals surface area contributed by atoms with Gasteiger partial charge in [0.15, 0.2) is 0 Å². The minimum Gasteiger partial charge on any atom is -0.493 e. The van der Waals surface area contributed by atoms with E-state index in [0.717, 1.165) is 119 Å². The van der Waals surface area contributed by atoms with Gasteiger partial charge in [-0.3, -0.25) is 9.58 Å². The van der Waals surface area contributed by atoms with Crippen molar-refractivity contribution in [1.29, 1.82) is 0 Å². The number of nitrogens with zero attached hydrogens (tertiary/aromatic N) is 5. The van der Waals surface area contributed by atoms with Crippen molar-refractivity contribution in [2.45, 2.75) is 71.3 Å².